The minimum Gasteiger partial charge on any atom is -0.449 e. The second kappa shape index (κ2) is 8.05. The number of halogens is 2. The van der Waals surface area contributed by atoms with Crippen molar-refractivity contribution in [1.29, 1.82) is 0 Å². The van der Waals surface area contributed by atoms with Crippen LogP contribution in [0.15, 0.2) is 47.4 Å². The number of nitrogens with two attached hydrogens (primary N) is 1. The van der Waals surface area contributed by atoms with Crippen molar-refractivity contribution in [3.05, 3.63) is 58.1 Å². The highest BCUT2D eigenvalue weighted by Gasteiger charge is 2.21. The van der Waals surface area contributed by atoms with Crippen molar-refractivity contribution < 1.29 is 22.7 Å². The summed E-state index contributed by atoms with van der Waals surface area (Å²) in [7, 11) is -4.11. The van der Waals surface area contributed by atoms with Crippen molar-refractivity contribution in [3.8, 4) is 0 Å². The Morgan fingerprint density at radius 2 is 1.73 bits per heavy atom. The zero-order chi connectivity index (χ0) is 19.5. The van der Waals surface area contributed by atoms with Crippen molar-refractivity contribution in [2.75, 3.05) is 5.32 Å². The van der Waals surface area contributed by atoms with Crippen LogP contribution in [-0.2, 0) is 19.6 Å². The molecule has 0 saturated heterocycles. The lowest BCUT2D eigenvalue weighted by molar-refractivity contribution is -0.123. The molecule has 26 heavy (non-hydrogen) atoms. The Morgan fingerprint density at radius 3 is 2.31 bits per heavy atom. The molecule has 0 aliphatic rings. The summed E-state index contributed by atoms with van der Waals surface area (Å²) in [6.07, 6.45) is -1.13. The number of esters is 1. The molecule has 0 aliphatic carbocycles. The van der Waals surface area contributed by atoms with Gasteiger partial charge in [-0.15, -0.1) is 0 Å². The number of hydrogen-bond donors (Lipinski definition) is 2. The van der Waals surface area contributed by atoms with E-state index in [-0.39, 0.29) is 10.6 Å². The number of benzene rings is 2. The summed E-state index contributed by atoms with van der Waals surface area (Å²) in [6, 6.07) is 9.83. The van der Waals surface area contributed by atoms with Gasteiger partial charge in [-0.2, -0.15) is 0 Å². The quantitative estimate of drug-likeness (QED) is 0.726. The number of hydrogen-bond acceptors (Lipinski definition) is 5. The summed E-state index contributed by atoms with van der Waals surface area (Å²) in [4.78, 5) is 23.8. The molecular weight excluding hydrogens is 403 g/mol. The maximum Gasteiger partial charge on any atom is 0.338 e. The highest BCUT2D eigenvalue weighted by Crippen LogP contribution is 2.22. The van der Waals surface area contributed by atoms with E-state index < -0.39 is 32.9 Å². The first-order valence-corrected chi connectivity index (χ1v) is 9.48. The lowest BCUT2D eigenvalue weighted by Crippen LogP contribution is -2.30. The van der Waals surface area contributed by atoms with E-state index in [1.165, 1.54) is 19.1 Å². The number of carbonyl (C=O) groups is 2. The number of anilines is 1. The van der Waals surface area contributed by atoms with E-state index in [9.17, 15) is 18.0 Å². The lowest BCUT2D eigenvalue weighted by Gasteiger charge is -2.14. The maximum atomic E-state index is 12.1. The molecule has 2 aromatic carbocycles. The number of primary sulfonamides is 1. The van der Waals surface area contributed by atoms with E-state index in [4.69, 9.17) is 33.1 Å². The van der Waals surface area contributed by atoms with Crippen molar-refractivity contribution in [3.63, 3.8) is 0 Å². The smallest absolute Gasteiger partial charge is 0.338 e. The molecule has 138 valence electrons. The van der Waals surface area contributed by atoms with Gasteiger partial charge < -0.3 is 10.1 Å². The molecule has 7 nitrogen and oxygen atoms in total. The third kappa shape index (κ3) is 5.18. The molecule has 0 fully saturated rings. The number of rotatable bonds is 5. The van der Waals surface area contributed by atoms with Crippen LogP contribution in [0.5, 0.6) is 0 Å². The van der Waals surface area contributed by atoms with E-state index in [0.717, 1.165) is 6.07 Å². The fourth-order valence-electron chi connectivity index (χ4n) is 1.91. The van der Waals surface area contributed by atoms with Gasteiger partial charge in [0.2, 0.25) is 10.0 Å². The Morgan fingerprint density at radius 1 is 1.12 bits per heavy atom. The molecule has 1 amide bonds. The summed E-state index contributed by atoms with van der Waals surface area (Å²) in [5.74, 6) is -1.47. The summed E-state index contributed by atoms with van der Waals surface area (Å²) >= 11 is 11.5. The van der Waals surface area contributed by atoms with Crippen LogP contribution in [0.3, 0.4) is 0 Å². The molecule has 0 bridgehead atoms. The van der Waals surface area contributed by atoms with Gasteiger partial charge >= 0.3 is 5.97 Å². The van der Waals surface area contributed by atoms with Crippen LogP contribution in [0.2, 0.25) is 10.0 Å². The highest BCUT2D eigenvalue weighted by molar-refractivity contribution is 7.89. The fraction of sp³-hybridized carbons (Fsp3) is 0.125. The number of carbonyl (C=O) groups excluding carboxylic acids is 2. The molecule has 0 aliphatic heterocycles. The van der Waals surface area contributed by atoms with Gasteiger partial charge in [0.1, 0.15) is 4.90 Å². The Kier molecular flexibility index (Phi) is 6.25. The number of ether oxygens (including phenoxy) is 1. The second-order valence-electron chi connectivity index (χ2n) is 5.23. The molecule has 0 radical (unpaired) electrons. The Bertz CT molecular complexity index is 946. The molecule has 1 atom stereocenters. The molecular formula is C16H14Cl2N2O5S. The molecule has 0 spiro atoms. The third-order valence-corrected chi connectivity index (χ3v) is 4.88. The van der Waals surface area contributed by atoms with E-state index in [2.05, 4.69) is 5.32 Å². The largest absolute Gasteiger partial charge is 0.449 e. The monoisotopic (exact) mass is 416 g/mol. The first-order valence-electron chi connectivity index (χ1n) is 7.17. The topological polar surface area (TPSA) is 116 Å². The highest BCUT2D eigenvalue weighted by atomic mass is 35.5. The predicted molar refractivity (Wildman–Crippen MR) is 97.8 cm³/mol. The van der Waals surface area contributed by atoms with Crippen molar-refractivity contribution in [2.45, 2.75) is 17.9 Å². The van der Waals surface area contributed by atoms with Gasteiger partial charge in [-0.3, -0.25) is 4.79 Å². The predicted octanol–water partition coefficient (Wildman–Crippen LogP) is 2.82. The van der Waals surface area contributed by atoms with Crippen LogP contribution < -0.4 is 10.5 Å². The van der Waals surface area contributed by atoms with Gasteiger partial charge in [0.05, 0.1) is 10.6 Å². The third-order valence-electron chi connectivity index (χ3n) is 3.24. The van der Waals surface area contributed by atoms with Crippen molar-refractivity contribution in [2.24, 2.45) is 5.14 Å². The molecule has 0 saturated carbocycles. The summed E-state index contributed by atoms with van der Waals surface area (Å²) in [5, 5.41) is 7.98. The van der Waals surface area contributed by atoms with Crippen LogP contribution >= 0.6 is 23.2 Å². The van der Waals surface area contributed by atoms with E-state index in [1.54, 1.807) is 24.3 Å². The average molecular weight is 417 g/mol. The molecule has 3 N–H and O–H groups in total. The first kappa shape index (κ1) is 20.2. The number of amides is 1. The first-order chi connectivity index (χ1) is 12.1. The van der Waals surface area contributed by atoms with Crippen molar-refractivity contribution in [1.82, 2.24) is 0 Å². The van der Waals surface area contributed by atoms with Gasteiger partial charge in [-0.05, 0) is 49.4 Å². The van der Waals surface area contributed by atoms with Crippen LogP contribution in [0.1, 0.15) is 17.3 Å². The van der Waals surface area contributed by atoms with E-state index in [1.807, 2.05) is 0 Å². The van der Waals surface area contributed by atoms with E-state index >= 15 is 0 Å². The lowest BCUT2D eigenvalue weighted by atomic mass is 10.2. The Balaban J connectivity index is 2.09. The van der Waals surface area contributed by atoms with Gasteiger partial charge in [0.25, 0.3) is 5.91 Å². The zero-order valence-electron chi connectivity index (χ0n) is 13.4. The SMILES string of the molecule is CC(OC(=O)c1ccc(Cl)c(S(N)(=O)=O)c1)C(=O)Nc1ccc(Cl)cc1. The van der Waals surface area contributed by atoms with Crippen LogP contribution in [-0.4, -0.2) is 26.4 Å². The normalized spacial score (nSPS) is 12.3. The maximum absolute atomic E-state index is 12.1. The minimum atomic E-state index is -4.11. The standard InChI is InChI=1S/C16H14Cl2N2O5S/c1-9(15(21)20-12-5-3-11(17)4-6-12)25-16(22)10-2-7-13(18)14(8-10)26(19,23)24/h2-9H,1H3,(H,20,21)(H2,19,23,24). The molecule has 0 aromatic heterocycles. The zero-order valence-corrected chi connectivity index (χ0v) is 15.7. The Hall–Kier alpha value is -2.13. The van der Waals surface area contributed by atoms with Gasteiger partial charge in [0, 0.05) is 10.7 Å². The fourth-order valence-corrected chi connectivity index (χ4v) is 3.10. The minimum absolute atomic E-state index is 0.107. The van der Waals surface area contributed by atoms with Gasteiger partial charge in [0.15, 0.2) is 6.10 Å². The van der Waals surface area contributed by atoms with Crippen LogP contribution in [0, 0.1) is 0 Å². The molecule has 0 heterocycles. The molecule has 1 unspecified atom stereocenters. The van der Waals surface area contributed by atoms with Crippen molar-refractivity contribution >= 4 is 50.8 Å². The Labute approximate surface area is 160 Å². The van der Waals surface area contributed by atoms with E-state index in [0.29, 0.717) is 10.7 Å². The molecule has 10 heteroatoms. The second-order valence-corrected chi connectivity index (χ2v) is 7.61. The number of nitrogens with one attached hydrogen (secondary N) is 1. The number of sulfonamides is 1. The van der Waals surface area contributed by atoms with Crippen LogP contribution in [0.25, 0.3) is 0 Å². The molecule has 2 rings (SSSR count). The van der Waals surface area contributed by atoms with Crippen LogP contribution in [0.4, 0.5) is 5.69 Å². The average Bonchev–Trinajstić information content (AvgIpc) is 2.56. The van der Waals surface area contributed by atoms with Gasteiger partial charge in [-0.1, -0.05) is 23.2 Å². The summed E-state index contributed by atoms with van der Waals surface area (Å²) < 4.78 is 28.0. The summed E-state index contributed by atoms with van der Waals surface area (Å²) in [5.41, 5.74) is 0.370. The molecule has 2 aromatic rings. The van der Waals surface area contributed by atoms with Gasteiger partial charge in [-0.25, -0.2) is 18.4 Å². The summed E-state index contributed by atoms with van der Waals surface area (Å²) in [6.45, 7) is 1.37.